The van der Waals surface area contributed by atoms with Crippen molar-refractivity contribution < 1.29 is 0 Å². The third-order valence-corrected chi connectivity index (χ3v) is 4.51. The fraction of sp³-hybridized carbons (Fsp3) is 0.571. The molecule has 19 heavy (non-hydrogen) atoms. The summed E-state index contributed by atoms with van der Waals surface area (Å²) in [5.41, 5.74) is 2.23. The first-order valence-corrected chi connectivity index (χ1v) is 8.34. The van der Waals surface area contributed by atoms with Crippen molar-refractivity contribution in [1.29, 1.82) is 0 Å². The van der Waals surface area contributed by atoms with Gasteiger partial charge in [0.05, 0.1) is 21.3 Å². The Balaban J connectivity index is 2.22. The molecule has 0 atom stereocenters. The standard InChI is InChI=1S/C14H21N3S2/c1-8(2)6-15-14-17-11(7-18-14)13-12(9(3)4)16-10(5)19-13/h7-9H,6H2,1-5H3,(H,15,17). The molecule has 0 aliphatic carbocycles. The molecule has 0 aliphatic heterocycles. The minimum atomic E-state index is 0.439. The smallest absolute Gasteiger partial charge is 0.183 e. The number of aromatic nitrogens is 2. The summed E-state index contributed by atoms with van der Waals surface area (Å²) >= 11 is 3.41. The van der Waals surface area contributed by atoms with Crippen molar-refractivity contribution in [1.82, 2.24) is 9.97 Å². The van der Waals surface area contributed by atoms with Crippen molar-refractivity contribution in [3.63, 3.8) is 0 Å². The van der Waals surface area contributed by atoms with Gasteiger partial charge in [-0.2, -0.15) is 0 Å². The molecule has 0 amide bonds. The lowest BCUT2D eigenvalue weighted by Gasteiger charge is -2.05. The molecule has 2 rings (SSSR count). The number of hydrogen-bond donors (Lipinski definition) is 1. The Morgan fingerprint density at radius 1 is 1.21 bits per heavy atom. The third-order valence-electron chi connectivity index (χ3n) is 2.71. The van der Waals surface area contributed by atoms with E-state index in [4.69, 9.17) is 0 Å². The number of aryl methyl sites for hydroxylation is 1. The molecule has 104 valence electrons. The van der Waals surface area contributed by atoms with Gasteiger partial charge in [-0.1, -0.05) is 27.7 Å². The molecule has 0 saturated carbocycles. The van der Waals surface area contributed by atoms with Gasteiger partial charge in [0.2, 0.25) is 0 Å². The van der Waals surface area contributed by atoms with E-state index in [1.165, 1.54) is 10.6 Å². The molecular weight excluding hydrogens is 274 g/mol. The van der Waals surface area contributed by atoms with Gasteiger partial charge in [0.15, 0.2) is 5.13 Å². The lowest BCUT2D eigenvalue weighted by atomic mass is 10.1. The van der Waals surface area contributed by atoms with E-state index in [1.54, 1.807) is 22.7 Å². The lowest BCUT2D eigenvalue weighted by molar-refractivity contribution is 0.688. The van der Waals surface area contributed by atoms with E-state index in [9.17, 15) is 0 Å². The van der Waals surface area contributed by atoms with Crippen LogP contribution in [0.2, 0.25) is 0 Å². The highest BCUT2D eigenvalue weighted by Gasteiger charge is 2.16. The predicted octanol–water partition coefficient (Wildman–Crippen LogP) is 4.77. The average Bonchev–Trinajstić information content (AvgIpc) is 2.92. The van der Waals surface area contributed by atoms with E-state index >= 15 is 0 Å². The van der Waals surface area contributed by atoms with E-state index < -0.39 is 0 Å². The molecule has 2 aromatic heterocycles. The summed E-state index contributed by atoms with van der Waals surface area (Å²) in [5.74, 6) is 1.07. The second-order valence-corrected chi connectivity index (χ2v) is 7.48. The van der Waals surface area contributed by atoms with E-state index in [0.717, 1.165) is 22.4 Å². The van der Waals surface area contributed by atoms with Gasteiger partial charge in [-0.05, 0) is 18.8 Å². The SMILES string of the molecule is Cc1nc(C(C)C)c(-c2csc(NCC(C)C)n2)s1. The van der Waals surface area contributed by atoms with E-state index in [1.807, 2.05) is 0 Å². The summed E-state index contributed by atoms with van der Waals surface area (Å²) in [6, 6.07) is 0. The van der Waals surface area contributed by atoms with Gasteiger partial charge in [-0.15, -0.1) is 22.7 Å². The lowest BCUT2D eigenvalue weighted by Crippen LogP contribution is -2.07. The molecule has 0 aromatic carbocycles. The Morgan fingerprint density at radius 3 is 2.58 bits per heavy atom. The predicted molar refractivity (Wildman–Crippen MR) is 85.4 cm³/mol. The summed E-state index contributed by atoms with van der Waals surface area (Å²) in [4.78, 5) is 10.5. The zero-order valence-electron chi connectivity index (χ0n) is 12.2. The van der Waals surface area contributed by atoms with Crippen LogP contribution in [0.15, 0.2) is 5.38 Å². The van der Waals surface area contributed by atoms with Gasteiger partial charge in [0.25, 0.3) is 0 Å². The van der Waals surface area contributed by atoms with Crippen LogP contribution in [0.1, 0.15) is 44.3 Å². The Hall–Kier alpha value is -0.940. The molecule has 2 aromatic rings. The maximum Gasteiger partial charge on any atom is 0.183 e. The number of nitrogens with one attached hydrogen (secondary N) is 1. The highest BCUT2D eigenvalue weighted by molar-refractivity contribution is 7.16. The number of anilines is 1. The van der Waals surface area contributed by atoms with Crippen molar-refractivity contribution in [3.05, 3.63) is 16.1 Å². The van der Waals surface area contributed by atoms with Gasteiger partial charge in [0, 0.05) is 11.9 Å². The molecular formula is C14H21N3S2. The molecule has 0 spiro atoms. The molecule has 1 N–H and O–H groups in total. The molecule has 0 fully saturated rings. The van der Waals surface area contributed by atoms with Crippen molar-refractivity contribution in [2.45, 2.75) is 40.5 Å². The molecule has 0 radical (unpaired) electrons. The minimum absolute atomic E-state index is 0.439. The van der Waals surface area contributed by atoms with Crippen LogP contribution in [0.5, 0.6) is 0 Å². The monoisotopic (exact) mass is 295 g/mol. The zero-order chi connectivity index (χ0) is 14.0. The van der Waals surface area contributed by atoms with Crippen molar-refractivity contribution in [2.24, 2.45) is 5.92 Å². The molecule has 0 bridgehead atoms. The topological polar surface area (TPSA) is 37.8 Å². The quantitative estimate of drug-likeness (QED) is 0.863. The van der Waals surface area contributed by atoms with Gasteiger partial charge < -0.3 is 5.32 Å². The zero-order valence-corrected chi connectivity index (χ0v) is 13.8. The van der Waals surface area contributed by atoms with Gasteiger partial charge >= 0.3 is 0 Å². The van der Waals surface area contributed by atoms with Crippen molar-refractivity contribution in [2.75, 3.05) is 11.9 Å². The largest absolute Gasteiger partial charge is 0.361 e. The van der Waals surface area contributed by atoms with Crippen LogP contribution in [0.25, 0.3) is 10.6 Å². The van der Waals surface area contributed by atoms with Crippen LogP contribution in [0, 0.1) is 12.8 Å². The van der Waals surface area contributed by atoms with Crippen LogP contribution >= 0.6 is 22.7 Å². The number of thiazole rings is 2. The summed E-state index contributed by atoms with van der Waals surface area (Å²) in [6.07, 6.45) is 0. The number of rotatable bonds is 5. The Bertz CT molecular complexity index is 541. The van der Waals surface area contributed by atoms with Crippen LogP contribution in [-0.4, -0.2) is 16.5 Å². The highest BCUT2D eigenvalue weighted by atomic mass is 32.1. The summed E-state index contributed by atoms with van der Waals surface area (Å²) in [7, 11) is 0. The summed E-state index contributed by atoms with van der Waals surface area (Å²) in [6.45, 7) is 11.8. The maximum absolute atomic E-state index is 4.69. The highest BCUT2D eigenvalue weighted by Crippen LogP contribution is 2.35. The van der Waals surface area contributed by atoms with Gasteiger partial charge in [0.1, 0.15) is 0 Å². The van der Waals surface area contributed by atoms with Gasteiger partial charge in [-0.3, -0.25) is 0 Å². The Labute approximate surface area is 123 Å². The first-order chi connectivity index (χ1) is 8.97. The summed E-state index contributed by atoms with van der Waals surface area (Å²) < 4.78 is 0. The molecule has 0 unspecified atom stereocenters. The Kier molecular flexibility index (Phi) is 4.58. The fourth-order valence-corrected chi connectivity index (χ4v) is 3.59. The Morgan fingerprint density at radius 2 is 1.95 bits per heavy atom. The second-order valence-electron chi connectivity index (χ2n) is 5.41. The normalized spacial score (nSPS) is 11.5. The first-order valence-electron chi connectivity index (χ1n) is 6.64. The van der Waals surface area contributed by atoms with Crippen molar-refractivity contribution in [3.8, 4) is 10.6 Å². The van der Waals surface area contributed by atoms with Gasteiger partial charge in [-0.25, -0.2) is 9.97 Å². The second kappa shape index (κ2) is 6.01. The number of nitrogens with zero attached hydrogens (tertiary/aromatic N) is 2. The first kappa shape index (κ1) is 14.5. The molecule has 2 heterocycles. The van der Waals surface area contributed by atoms with Crippen molar-refractivity contribution >= 4 is 27.8 Å². The van der Waals surface area contributed by atoms with E-state index in [-0.39, 0.29) is 0 Å². The summed E-state index contributed by atoms with van der Waals surface area (Å²) in [5, 5.41) is 7.63. The molecule has 0 aliphatic rings. The van der Waals surface area contributed by atoms with E-state index in [2.05, 4.69) is 55.3 Å². The number of hydrogen-bond acceptors (Lipinski definition) is 5. The molecule has 5 heteroatoms. The third kappa shape index (κ3) is 3.54. The van der Waals surface area contributed by atoms with Crippen LogP contribution in [0.4, 0.5) is 5.13 Å². The minimum Gasteiger partial charge on any atom is -0.361 e. The molecule has 0 saturated heterocycles. The van der Waals surface area contributed by atoms with E-state index in [0.29, 0.717) is 11.8 Å². The maximum atomic E-state index is 4.69. The molecule has 3 nitrogen and oxygen atoms in total. The van der Waals surface area contributed by atoms with Crippen LogP contribution in [0.3, 0.4) is 0 Å². The fourth-order valence-electron chi connectivity index (χ4n) is 1.77. The van der Waals surface area contributed by atoms with Crippen LogP contribution in [-0.2, 0) is 0 Å². The average molecular weight is 295 g/mol. The van der Waals surface area contributed by atoms with Crippen LogP contribution < -0.4 is 5.32 Å².